The van der Waals surface area contributed by atoms with Crippen molar-refractivity contribution in [3.8, 4) is 0 Å². The van der Waals surface area contributed by atoms with Crippen LogP contribution < -0.4 is 10.9 Å². The Kier molecular flexibility index (Phi) is 4.80. The van der Waals surface area contributed by atoms with Crippen molar-refractivity contribution in [2.75, 3.05) is 18.5 Å². The molecule has 1 aliphatic carbocycles. The van der Waals surface area contributed by atoms with Gasteiger partial charge in [0.15, 0.2) is 0 Å². The van der Waals surface area contributed by atoms with Gasteiger partial charge in [0.1, 0.15) is 0 Å². The molecule has 0 radical (unpaired) electrons. The lowest BCUT2D eigenvalue weighted by Gasteiger charge is -2.23. The molecule has 0 unspecified atom stereocenters. The zero-order valence-corrected chi connectivity index (χ0v) is 15.4. The monoisotopic (exact) mass is 357 g/mol. The Labute approximate surface area is 153 Å². The maximum absolute atomic E-state index is 12.0. The number of aryl methyl sites for hydroxylation is 3. The summed E-state index contributed by atoms with van der Waals surface area (Å²) in [5.74, 6) is 0.520. The zero-order chi connectivity index (χ0) is 18.0. The van der Waals surface area contributed by atoms with Gasteiger partial charge in [-0.3, -0.25) is 14.5 Å². The van der Waals surface area contributed by atoms with E-state index in [2.05, 4.69) is 32.0 Å². The Morgan fingerprint density at radius 3 is 3.08 bits per heavy atom. The van der Waals surface area contributed by atoms with E-state index in [1.807, 2.05) is 6.20 Å². The van der Waals surface area contributed by atoms with Crippen LogP contribution in [0.5, 0.6) is 0 Å². The van der Waals surface area contributed by atoms with Crippen LogP contribution >= 0.6 is 0 Å². The lowest BCUT2D eigenvalue weighted by atomic mass is 9.98. The second-order valence-corrected chi connectivity index (χ2v) is 7.64. The summed E-state index contributed by atoms with van der Waals surface area (Å²) in [6.45, 7) is 4.30. The SMILES string of the molecule is C[C@]1(CNc2nc(CCn3ncc4c3CCCC4)cc(=O)[nH]2)CCCO1. The van der Waals surface area contributed by atoms with Crippen LogP contribution in [0.15, 0.2) is 17.1 Å². The smallest absolute Gasteiger partial charge is 0.252 e. The van der Waals surface area contributed by atoms with Gasteiger partial charge in [-0.15, -0.1) is 0 Å². The molecule has 0 spiro atoms. The first-order chi connectivity index (χ1) is 12.6. The Morgan fingerprint density at radius 2 is 2.23 bits per heavy atom. The fourth-order valence-corrected chi connectivity index (χ4v) is 3.94. The van der Waals surface area contributed by atoms with Crippen molar-refractivity contribution in [2.45, 2.75) is 64.0 Å². The van der Waals surface area contributed by atoms with E-state index in [9.17, 15) is 4.79 Å². The number of nitrogens with one attached hydrogen (secondary N) is 2. The van der Waals surface area contributed by atoms with Crippen molar-refractivity contribution >= 4 is 5.95 Å². The highest BCUT2D eigenvalue weighted by atomic mass is 16.5. The van der Waals surface area contributed by atoms with Crippen LogP contribution in [0.4, 0.5) is 5.95 Å². The fourth-order valence-electron chi connectivity index (χ4n) is 3.94. The Bertz CT molecular complexity index is 820. The second kappa shape index (κ2) is 7.23. The average molecular weight is 357 g/mol. The van der Waals surface area contributed by atoms with Gasteiger partial charge in [0.2, 0.25) is 5.95 Å². The molecule has 0 aromatic carbocycles. The molecule has 0 amide bonds. The van der Waals surface area contributed by atoms with Crippen LogP contribution in [0.1, 0.15) is 49.6 Å². The normalized spacial score (nSPS) is 22.3. The molecule has 4 rings (SSSR count). The number of H-pyrrole nitrogens is 1. The molecular formula is C19H27N5O2. The van der Waals surface area contributed by atoms with Crippen molar-refractivity contribution in [3.05, 3.63) is 39.6 Å². The number of nitrogens with zero attached hydrogens (tertiary/aromatic N) is 3. The van der Waals surface area contributed by atoms with E-state index in [0.717, 1.165) is 44.5 Å². The highest BCUT2D eigenvalue weighted by Gasteiger charge is 2.29. The molecule has 0 bridgehead atoms. The third kappa shape index (κ3) is 3.82. The molecule has 7 heteroatoms. The molecule has 2 aromatic heterocycles. The molecule has 3 heterocycles. The van der Waals surface area contributed by atoms with Gasteiger partial charge in [-0.1, -0.05) is 0 Å². The van der Waals surface area contributed by atoms with E-state index in [0.29, 0.717) is 18.9 Å². The third-order valence-electron chi connectivity index (χ3n) is 5.45. The van der Waals surface area contributed by atoms with Crippen LogP contribution in [-0.2, 0) is 30.5 Å². The number of fused-ring (bicyclic) bond motifs is 1. The minimum Gasteiger partial charge on any atom is -0.373 e. The number of aromatic amines is 1. The number of rotatable bonds is 6. The summed E-state index contributed by atoms with van der Waals surface area (Å²) in [5, 5.41) is 7.76. The minimum atomic E-state index is -0.178. The highest BCUT2D eigenvalue weighted by molar-refractivity contribution is 5.26. The molecule has 1 atom stereocenters. The lowest BCUT2D eigenvalue weighted by Crippen LogP contribution is -2.33. The molecule has 1 saturated heterocycles. The molecule has 1 aliphatic heterocycles. The van der Waals surface area contributed by atoms with Crippen molar-refractivity contribution in [1.82, 2.24) is 19.7 Å². The fraction of sp³-hybridized carbons (Fsp3) is 0.632. The van der Waals surface area contributed by atoms with E-state index in [-0.39, 0.29) is 11.2 Å². The highest BCUT2D eigenvalue weighted by Crippen LogP contribution is 2.25. The molecule has 7 nitrogen and oxygen atoms in total. The predicted octanol–water partition coefficient (Wildman–Crippen LogP) is 2.07. The molecule has 140 valence electrons. The largest absolute Gasteiger partial charge is 0.373 e. The zero-order valence-electron chi connectivity index (χ0n) is 15.4. The van der Waals surface area contributed by atoms with E-state index in [1.165, 1.54) is 24.1 Å². The van der Waals surface area contributed by atoms with Crippen LogP contribution in [0.25, 0.3) is 0 Å². The third-order valence-corrected chi connectivity index (χ3v) is 5.45. The van der Waals surface area contributed by atoms with Crippen molar-refractivity contribution in [3.63, 3.8) is 0 Å². The van der Waals surface area contributed by atoms with Gasteiger partial charge in [-0.05, 0) is 51.0 Å². The van der Waals surface area contributed by atoms with Crippen molar-refractivity contribution in [2.24, 2.45) is 0 Å². The maximum atomic E-state index is 12.0. The Hall–Kier alpha value is -2.15. The summed E-state index contributed by atoms with van der Waals surface area (Å²) in [5.41, 5.74) is 3.21. The molecule has 2 aromatic rings. The van der Waals surface area contributed by atoms with Gasteiger partial charge in [0, 0.05) is 37.9 Å². The molecule has 2 aliphatic rings. The first-order valence-corrected chi connectivity index (χ1v) is 9.63. The topological polar surface area (TPSA) is 84.8 Å². The van der Waals surface area contributed by atoms with Gasteiger partial charge in [0.05, 0.1) is 17.5 Å². The minimum absolute atomic E-state index is 0.127. The average Bonchev–Trinajstić information content (AvgIpc) is 3.25. The number of anilines is 1. The summed E-state index contributed by atoms with van der Waals surface area (Å²) >= 11 is 0. The maximum Gasteiger partial charge on any atom is 0.252 e. The summed E-state index contributed by atoms with van der Waals surface area (Å²) in [6.07, 6.45) is 9.51. The van der Waals surface area contributed by atoms with E-state index in [1.54, 1.807) is 6.07 Å². The molecular weight excluding hydrogens is 330 g/mol. The number of hydrogen-bond donors (Lipinski definition) is 2. The van der Waals surface area contributed by atoms with Crippen LogP contribution in [0.3, 0.4) is 0 Å². The van der Waals surface area contributed by atoms with Gasteiger partial charge in [0.25, 0.3) is 5.56 Å². The number of ether oxygens (including phenoxy) is 1. The molecule has 26 heavy (non-hydrogen) atoms. The first-order valence-electron chi connectivity index (χ1n) is 9.63. The van der Waals surface area contributed by atoms with E-state index >= 15 is 0 Å². The van der Waals surface area contributed by atoms with Gasteiger partial charge in [-0.2, -0.15) is 5.10 Å². The standard InChI is InChI=1S/C19H27N5O2/c1-19(8-4-10-26-19)13-20-18-22-15(11-17(25)23-18)7-9-24-16-6-3-2-5-14(16)12-21-24/h11-12H,2-10,13H2,1H3,(H2,20,22,23,25)/t19-/m1/s1. The van der Waals surface area contributed by atoms with E-state index in [4.69, 9.17) is 4.74 Å². The molecule has 2 N–H and O–H groups in total. The predicted molar refractivity (Wildman–Crippen MR) is 99.5 cm³/mol. The van der Waals surface area contributed by atoms with Crippen LogP contribution in [0, 0.1) is 0 Å². The van der Waals surface area contributed by atoms with E-state index < -0.39 is 0 Å². The molecule has 1 fully saturated rings. The first kappa shape index (κ1) is 17.3. The molecule has 0 saturated carbocycles. The van der Waals surface area contributed by atoms with Crippen molar-refractivity contribution < 1.29 is 4.74 Å². The summed E-state index contributed by atoms with van der Waals surface area (Å²) in [4.78, 5) is 19.3. The van der Waals surface area contributed by atoms with Crippen molar-refractivity contribution in [1.29, 1.82) is 0 Å². The Balaban J connectivity index is 1.41. The quantitative estimate of drug-likeness (QED) is 0.827. The van der Waals surface area contributed by atoms with Crippen LogP contribution in [-0.4, -0.2) is 38.5 Å². The summed E-state index contributed by atoms with van der Waals surface area (Å²) in [7, 11) is 0. The van der Waals surface area contributed by atoms with Gasteiger partial charge in [-0.25, -0.2) is 4.98 Å². The second-order valence-electron chi connectivity index (χ2n) is 7.64. The lowest BCUT2D eigenvalue weighted by molar-refractivity contribution is 0.0314. The van der Waals surface area contributed by atoms with Gasteiger partial charge >= 0.3 is 0 Å². The van der Waals surface area contributed by atoms with Gasteiger partial charge < -0.3 is 10.1 Å². The summed E-state index contributed by atoms with van der Waals surface area (Å²) < 4.78 is 7.86. The van der Waals surface area contributed by atoms with Crippen LogP contribution in [0.2, 0.25) is 0 Å². The Morgan fingerprint density at radius 1 is 1.35 bits per heavy atom. The number of aromatic nitrogens is 4. The number of hydrogen-bond acceptors (Lipinski definition) is 5. The summed E-state index contributed by atoms with van der Waals surface area (Å²) in [6, 6.07) is 1.58.